The molecule has 0 aliphatic heterocycles. The molecule has 0 unspecified atom stereocenters. The molecule has 1 heterocycles. The highest BCUT2D eigenvalue weighted by Gasteiger charge is 2.21. The maximum absolute atomic E-state index is 12.6. The smallest absolute Gasteiger partial charge is 0.263 e. The number of anilines is 3. The third-order valence-electron chi connectivity index (χ3n) is 4.82. The Morgan fingerprint density at radius 2 is 1.64 bits per heavy atom. The van der Waals surface area contributed by atoms with E-state index in [1.807, 2.05) is 13.8 Å². The van der Waals surface area contributed by atoms with Crippen LogP contribution in [0.4, 0.5) is 17.2 Å². The van der Waals surface area contributed by atoms with E-state index in [0.29, 0.717) is 11.4 Å². The van der Waals surface area contributed by atoms with E-state index < -0.39 is 32.5 Å². The van der Waals surface area contributed by atoms with Crippen molar-refractivity contribution in [3.63, 3.8) is 0 Å². The molecule has 2 aromatic carbocycles. The van der Waals surface area contributed by atoms with Crippen LogP contribution in [0, 0.1) is 13.8 Å². The largest absolute Gasteiger partial charge is 0.325 e. The van der Waals surface area contributed by atoms with E-state index in [2.05, 4.69) is 15.0 Å². The molecular weight excluding hydrogens is 464 g/mol. The SMILES string of the molecule is Cc1ccc(N(CC(=O)Nc2ccc(S(=O)(=O)Nc3ccccn3)cc2)S(C)(=O)=O)cc1C. The highest BCUT2D eigenvalue weighted by molar-refractivity contribution is 7.92. The number of carbonyl (C=O) groups is 1. The van der Waals surface area contributed by atoms with Gasteiger partial charge in [-0.25, -0.2) is 21.8 Å². The van der Waals surface area contributed by atoms with Crippen LogP contribution in [0.25, 0.3) is 0 Å². The molecule has 3 aromatic rings. The van der Waals surface area contributed by atoms with Crippen molar-refractivity contribution >= 4 is 43.1 Å². The van der Waals surface area contributed by atoms with Gasteiger partial charge < -0.3 is 5.32 Å². The van der Waals surface area contributed by atoms with Crippen molar-refractivity contribution in [2.45, 2.75) is 18.7 Å². The Morgan fingerprint density at radius 3 is 2.21 bits per heavy atom. The molecule has 0 aliphatic carbocycles. The van der Waals surface area contributed by atoms with E-state index >= 15 is 0 Å². The van der Waals surface area contributed by atoms with E-state index in [-0.39, 0.29) is 10.7 Å². The van der Waals surface area contributed by atoms with Crippen LogP contribution in [0.5, 0.6) is 0 Å². The van der Waals surface area contributed by atoms with Gasteiger partial charge in [-0.2, -0.15) is 0 Å². The topological polar surface area (TPSA) is 126 Å². The molecule has 1 amide bonds. The first kappa shape index (κ1) is 24.2. The zero-order chi connectivity index (χ0) is 24.2. The van der Waals surface area contributed by atoms with E-state index in [1.165, 1.54) is 36.5 Å². The molecule has 3 rings (SSSR count). The number of amides is 1. The minimum absolute atomic E-state index is 0.0148. The third kappa shape index (κ3) is 6.30. The highest BCUT2D eigenvalue weighted by atomic mass is 32.2. The monoisotopic (exact) mass is 488 g/mol. The van der Waals surface area contributed by atoms with E-state index in [4.69, 9.17) is 0 Å². The van der Waals surface area contributed by atoms with Crippen LogP contribution in [-0.2, 0) is 24.8 Å². The summed E-state index contributed by atoms with van der Waals surface area (Å²) in [5, 5.41) is 2.60. The standard InChI is InChI=1S/C22H24N4O5S2/c1-16-7-10-19(14-17(16)2)26(32(3,28)29)15-22(27)24-18-8-11-20(12-9-18)33(30,31)25-21-6-4-5-13-23-21/h4-14H,15H2,1-3H3,(H,23,25)(H,24,27). The number of aryl methyl sites for hydroxylation is 2. The average molecular weight is 489 g/mol. The van der Waals surface area contributed by atoms with Gasteiger partial charge in [0.05, 0.1) is 16.8 Å². The first-order valence-corrected chi connectivity index (χ1v) is 13.2. The summed E-state index contributed by atoms with van der Waals surface area (Å²) in [4.78, 5) is 16.5. The van der Waals surface area contributed by atoms with Crippen molar-refractivity contribution < 1.29 is 21.6 Å². The Morgan fingerprint density at radius 1 is 0.939 bits per heavy atom. The van der Waals surface area contributed by atoms with Gasteiger partial charge in [-0.3, -0.25) is 13.8 Å². The van der Waals surface area contributed by atoms with Gasteiger partial charge >= 0.3 is 0 Å². The van der Waals surface area contributed by atoms with Crippen molar-refractivity contribution in [3.05, 3.63) is 78.0 Å². The van der Waals surface area contributed by atoms with Gasteiger partial charge in [-0.15, -0.1) is 0 Å². The second-order valence-electron chi connectivity index (χ2n) is 7.43. The van der Waals surface area contributed by atoms with Crippen molar-refractivity contribution in [3.8, 4) is 0 Å². The maximum atomic E-state index is 12.6. The number of hydrogen-bond acceptors (Lipinski definition) is 6. The zero-order valence-electron chi connectivity index (χ0n) is 18.3. The molecule has 33 heavy (non-hydrogen) atoms. The zero-order valence-corrected chi connectivity index (χ0v) is 19.9. The van der Waals surface area contributed by atoms with E-state index in [1.54, 1.807) is 30.3 Å². The molecule has 0 radical (unpaired) electrons. The molecule has 174 valence electrons. The summed E-state index contributed by atoms with van der Waals surface area (Å²) >= 11 is 0. The fourth-order valence-corrected chi connectivity index (χ4v) is 4.81. The predicted molar refractivity (Wildman–Crippen MR) is 128 cm³/mol. The normalized spacial score (nSPS) is 11.6. The summed E-state index contributed by atoms with van der Waals surface area (Å²) < 4.78 is 52.9. The van der Waals surface area contributed by atoms with Crippen LogP contribution in [0.2, 0.25) is 0 Å². The molecule has 0 bridgehead atoms. The third-order valence-corrected chi connectivity index (χ3v) is 7.33. The molecule has 9 nitrogen and oxygen atoms in total. The number of hydrogen-bond donors (Lipinski definition) is 2. The second kappa shape index (κ2) is 9.59. The summed E-state index contributed by atoms with van der Waals surface area (Å²) in [5.41, 5.74) is 2.62. The van der Waals surface area contributed by atoms with Crippen molar-refractivity contribution in [2.24, 2.45) is 0 Å². The van der Waals surface area contributed by atoms with Crippen LogP contribution < -0.4 is 14.3 Å². The van der Waals surface area contributed by atoms with E-state index in [9.17, 15) is 21.6 Å². The first-order valence-electron chi connectivity index (χ1n) is 9.84. The molecule has 0 spiro atoms. The Labute approximate surface area is 193 Å². The Bertz CT molecular complexity index is 1360. The molecule has 0 atom stereocenters. The second-order valence-corrected chi connectivity index (χ2v) is 11.0. The Balaban J connectivity index is 1.72. The van der Waals surface area contributed by atoms with Crippen LogP contribution in [0.15, 0.2) is 71.8 Å². The molecule has 0 aliphatic rings. The molecule has 0 fully saturated rings. The lowest BCUT2D eigenvalue weighted by atomic mass is 10.1. The van der Waals surface area contributed by atoms with Crippen molar-refractivity contribution in [1.82, 2.24) is 4.98 Å². The summed E-state index contributed by atoms with van der Waals surface area (Å²) in [5.74, 6) is -0.386. The molecule has 0 saturated carbocycles. The molecular formula is C22H24N4O5S2. The molecule has 2 N–H and O–H groups in total. The van der Waals surface area contributed by atoms with Crippen LogP contribution in [0.3, 0.4) is 0 Å². The fraction of sp³-hybridized carbons (Fsp3) is 0.182. The summed E-state index contributed by atoms with van der Waals surface area (Å²) in [7, 11) is -7.57. The minimum Gasteiger partial charge on any atom is -0.325 e. The van der Waals surface area contributed by atoms with Gasteiger partial charge in [0.1, 0.15) is 12.4 Å². The summed E-state index contributed by atoms with van der Waals surface area (Å²) in [6.07, 6.45) is 2.50. The number of pyridine rings is 1. The maximum Gasteiger partial charge on any atom is 0.263 e. The van der Waals surface area contributed by atoms with Crippen LogP contribution >= 0.6 is 0 Å². The Hall–Kier alpha value is -3.44. The molecule has 11 heteroatoms. The predicted octanol–water partition coefficient (Wildman–Crippen LogP) is 2.90. The van der Waals surface area contributed by atoms with Crippen molar-refractivity contribution in [2.75, 3.05) is 27.1 Å². The van der Waals surface area contributed by atoms with Gasteiger partial charge in [-0.1, -0.05) is 12.1 Å². The van der Waals surface area contributed by atoms with Gasteiger partial charge in [-0.05, 0) is 73.5 Å². The number of benzene rings is 2. The Kier molecular flexibility index (Phi) is 7.04. The van der Waals surface area contributed by atoms with Crippen LogP contribution in [0.1, 0.15) is 11.1 Å². The summed E-state index contributed by atoms with van der Waals surface area (Å²) in [6.45, 7) is 3.34. The summed E-state index contributed by atoms with van der Waals surface area (Å²) in [6, 6.07) is 15.5. The van der Waals surface area contributed by atoms with Crippen molar-refractivity contribution in [1.29, 1.82) is 0 Å². The minimum atomic E-state index is -3.85. The number of sulfonamides is 2. The first-order chi connectivity index (χ1) is 15.5. The number of carbonyl (C=O) groups excluding carboxylic acids is 1. The lowest BCUT2D eigenvalue weighted by Crippen LogP contribution is -2.37. The number of nitrogens with one attached hydrogen (secondary N) is 2. The molecule has 0 saturated heterocycles. The number of rotatable bonds is 8. The quantitative estimate of drug-likeness (QED) is 0.502. The lowest BCUT2D eigenvalue weighted by molar-refractivity contribution is -0.114. The number of aromatic nitrogens is 1. The molecule has 1 aromatic heterocycles. The van der Waals surface area contributed by atoms with Gasteiger partial charge in [0.15, 0.2) is 0 Å². The van der Waals surface area contributed by atoms with Gasteiger partial charge in [0, 0.05) is 11.9 Å². The number of nitrogens with zero attached hydrogens (tertiary/aromatic N) is 2. The lowest BCUT2D eigenvalue weighted by Gasteiger charge is -2.22. The van der Waals surface area contributed by atoms with Gasteiger partial charge in [0.25, 0.3) is 10.0 Å². The average Bonchev–Trinajstić information content (AvgIpc) is 2.74. The van der Waals surface area contributed by atoms with Crippen LogP contribution in [-0.4, -0.2) is 40.5 Å². The van der Waals surface area contributed by atoms with Gasteiger partial charge in [0.2, 0.25) is 15.9 Å². The fourth-order valence-electron chi connectivity index (χ4n) is 2.95. The van der Waals surface area contributed by atoms with E-state index in [0.717, 1.165) is 21.7 Å². The highest BCUT2D eigenvalue weighted by Crippen LogP contribution is 2.22.